The zero-order valence-electron chi connectivity index (χ0n) is 11.6. The summed E-state index contributed by atoms with van der Waals surface area (Å²) in [6, 6.07) is 5.31. The van der Waals surface area contributed by atoms with Gasteiger partial charge in [0.25, 0.3) is 0 Å². The monoisotopic (exact) mass is 324 g/mol. The zero-order valence-corrected chi connectivity index (χ0v) is 13.3. The Morgan fingerprint density at radius 3 is 2.50 bits per heavy atom. The van der Waals surface area contributed by atoms with Crippen molar-refractivity contribution in [1.29, 1.82) is 0 Å². The van der Waals surface area contributed by atoms with Gasteiger partial charge in [-0.15, -0.1) is 24.8 Å². The Morgan fingerprint density at radius 2 is 1.95 bits per heavy atom. The van der Waals surface area contributed by atoms with Crippen LogP contribution >= 0.6 is 24.8 Å². The fourth-order valence-electron chi connectivity index (χ4n) is 2.54. The number of halogens is 3. The topological polar surface area (TPSA) is 35.5 Å². The molecule has 116 valence electrons. The maximum absolute atomic E-state index is 13.4. The molecule has 1 heterocycles. The van der Waals surface area contributed by atoms with Crippen LogP contribution in [0.5, 0.6) is 5.75 Å². The van der Waals surface area contributed by atoms with E-state index in [1.165, 1.54) is 0 Å². The van der Waals surface area contributed by atoms with Gasteiger partial charge in [-0.2, -0.15) is 0 Å². The summed E-state index contributed by atoms with van der Waals surface area (Å²) in [5.41, 5.74) is 1.61. The van der Waals surface area contributed by atoms with Crippen LogP contribution in [0.2, 0.25) is 0 Å². The standard InChI is InChI=1S/C14H21FN2O.2ClH/c1-2-11-4-3-5-12(14(11)18)13(10-15)17-8-6-16-7-9-17;;/h3-5,13,16,18H,2,6-10H2,1H3;2*1H/t13-;;/m1../s1. The first-order valence-electron chi connectivity index (χ1n) is 6.59. The van der Waals surface area contributed by atoms with E-state index in [-0.39, 0.29) is 36.6 Å². The van der Waals surface area contributed by atoms with Crippen LogP contribution in [-0.4, -0.2) is 42.9 Å². The first-order valence-corrected chi connectivity index (χ1v) is 6.59. The number of piperazine rings is 1. The molecule has 0 aromatic heterocycles. The second kappa shape index (κ2) is 9.40. The van der Waals surface area contributed by atoms with Gasteiger partial charge in [-0.1, -0.05) is 25.1 Å². The van der Waals surface area contributed by atoms with E-state index >= 15 is 0 Å². The molecule has 2 rings (SSSR count). The zero-order chi connectivity index (χ0) is 13.0. The molecule has 1 saturated heterocycles. The quantitative estimate of drug-likeness (QED) is 0.893. The highest BCUT2D eigenvalue weighted by Crippen LogP contribution is 2.32. The van der Waals surface area contributed by atoms with E-state index < -0.39 is 6.67 Å². The molecule has 0 spiro atoms. The van der Waals surface area contributed by atoms with Crippen LogP contribution in [0, 0.1) is 0 Å². The molecule has 0 aliphatic carbocycles. The van der Waals surface area contributed by atoms with Crippen molar-refractivity contribution in [2.45, 2.75) is 19.4 Å². The van der Waals surface area contributed by atoms with Gasteiger partial charge in [-0.05, 0) is 12.0 Å². The lowest BCUT2D eigenvalue weighted by Gasteiger charge is -2.34. The first-order chi connectivity index (χ1) is 8.77. The summed E-state index contributed by atoms with van der Waals surface area (Å²) in [7, 11) is 0. The van der Waals surface area contributed by atoms with Crippen molar-refractivity contribution in [3.05, 3.63) is 29.3 Å². The summed E-state index contributed by atoms with van der Waals surface area (Å²) < 4.78 is 13.4. The fourth-order valence-corrected chi connectivity index (χ4v) is 2.54. The number of hydrogen-bond acceptors (Lipinski definition) is 3. The third-order valence-electron chi connectivity index (χ3n) is 3.63. The maximum atomic E-state index is 13.4. The summed E-state index contributed by atoms with van der Waals surface area (Å²) in [6.45, 7) is 4.94. The number of nitrogens with zero attached hydrogens (tertiary/aromatic N) is 1. The van der Waals surface area contributed by atoms with Gasteiger partial charge in [-0.25, -0.2) is 4.39 Å². The van der Waals surface area contributed by atoms with Crippen molar-refractivity contribution in [3.8, 4) is 5.75 Å². The van der Waals surface area contributed by atoms with Crippen molar-refractivity contribution in [1.82, 2.24) is 10.2 Å². The summed E-state index contributed by atoms with van der Waals surface area (Å²) in [4.78, 5) is 2.10. The minimum absolute atomic E-state index is 0. The lowest BCUT2D eigenvalue weighted by Crippen LogP contribution is -2.45. The van der Waals surface area contributed by atoms with Gasteiger partial charge in [0.1, 0.15) is 12.4 Å². The molecule has 3 nitrogen and oxygen atoms in total. The second-order valence-electron chi connectivity index (χ2n) is 4.66. The Morgan fingerprint density at radius 1 is 1.30 bits per heavy atom. The Bertz CT molecular complexity index is 401. The van der Waals surface area contributed by atoms with E-state index in [0.29, 0.717) is 0 Å². The van der Waals surface area contributed by atoms with Crippen LogP contribution in [0.3, 0.4) is 0 Å². The third-order valence-corrected chi connectivity index (χ3v) is 3.63. The Labute approximate surface area is 132 Å². The van der Waals surface area contributed by atoms with Crippen LogP contribution in [0.4, 0.5) is 4.39 Å². The smallest absolute Gasteiger partial charge is 0.123 e. The molecule has 6 heteroatoms. The first kappa shape index (κ1) is 19.4. The normalized spacial score (nSPS) is 16.9. The Hall–Kier alpha value is -0.550. The number of aryl methyl sites for hydroxylation is 1. The van der Waals surface area contributed by atoms with E-state index in [4.69, 9.17) is 0 Å². The molecule has 1 aromatic rings. The molecule has 1 atom stereocenters. The average Bonchev–Trinajstić information content (AvgIpc) is 2.43. The largest absolute Gasteiger partial charge is 0.507 e. The highest BCUT2D eigenvalue weighted by molar-refractivity contribution is 5.85. The van der Waals surface area contributed by atoms with Gasteiger partial charge in [0.15, 0.2) is 0 Å². The minimum Gasteiger partial charge on any atom is -0.507 e. The van der Waals surface area contributed by atoms with Crippen molar-refractivity contribution < 1.29 is 9.50 Å². The molecule has 2 N–H and O–H groups in total. The number of phenols is 1. The Balaban J connectivity index is 0.00000180. The van der Waals surface area contributed by atoms with E-state index in [9.17, 15) is 9.50 Å². The lowest BCUT2D eigenvalue weighted by atomic mass is 10.00. The second-order valence-corrected chi connectivity index (χ2v) is 4.66. The fraction of sp³-hybridized carbons (Fsp3) is 0.571. The third kappa shape index (κ3) is 4.22. The highest BCUT2D eigenvalue weighted by atomic mass is 35.5. The number of aromatic hydroxyl groups is 1. The van der Waals surface area contributed by atoms with Gasteiger partial charge in [0, 0.05) is 31.7 Å². The highest BCUT2D eigenvalue weighted by Gasteiger charge is 2.24. The molecule has 0 radical (unpaired) electrons. The number of hydrogen-bond donors (Lipinski definition) is 2. The van der Waals surface area contributed by atoms with Crippen LogP contribution < -0.4 is 5.32 Å². The van der Waals surface area contributed by atoms with Crippen molar-refractivity contribution in [3.63, 3.8) is 0 Å². The summed E-state index contributed by atoms with van der Waals surface area (Å²) in [5.74, 6) is 0.265. The van der Waals surface area contributed by atoms with Crippen LogP contribution in [0.25, 0.3) is 0 Å². The van der Waals surface area contributed by atoms with Gasteiger partial charge in [-0.3, -0.25) is 4.90 Å². The molecule has 0 amide bonds. The molecule has 1 fully saturated rings. The predicted octanol–water partition coefficient (Wildman–Crippen LogP) is 2.71. The summed E-state index contributed by atoms with van der Waals surface area (Å²) in [5, 5.41) is 13.5. The van der Waals surface area contributed by atoms with Gasteiger partial charge in [0.05, 0.1) is 6.04 Å². The van der Waals surface area contributed by atoms with E-state index in [0.717, 1.165) is 43.7 Å². The molecular formula is C14H23Cl2FN2O. The van der Waals surface area contributed by atoms with Crippen molar-refractivity contribution in [2.75, 3.05) is 32.9 Å². The number of alkyl halides is 1. The summed E-state index contributed by atoms with van der Waals surface area (Å²) in [6.07, 6.45) is 0.764. The number of rotatable bonds is 4. The predicted molar refractivity (Wildman–Crippen MR) is 85.1 cm³/mol. The van der Waals surface area contributed by atoms with Crippen LogP contribution in [0.15, 0.2) is 18.2 Å². The van der Waals surface area contributed by atoms with Crippen molar-refractivity contribution in [2.24, 2.45) is 0 Å². The molecule has 0 bridgehead atoms. The molecule has 1 aliphatic heterocycles. The van der Waals surface area contributed by atoms with E-state index in [2.05, 4.69) is 10.2 Å². The Kier molecular flexibility index (Phi) is 9.14. The SMILES string of the molecule is CCc1cccc([C@@H](CF)N2CCNCC2)c1O.Cl.Cl. The van der Waals surface area contributed by atoms with Crippen LogP contribution in [-0.2, 0) is 6.42 Å². The number of benzene rings is 1. The maximum Gasteiger partial charge on any atom is 0.123 e. The van der Waals surface area contributed by atoms with Crippen molar-refractivity contribution >= 4 is 24.8 Å². The minimum atomic E-state index is -0.458. The molecule has 0 saturated carbocycles. The van der Waals surface area contributed by atoms with Gasteiger partial charge < -0.3 is 10.4 Å². The van der Waals surface area contributed by atoms with Crippen LogP contribution in [0.1, 0.15) is 24.1 Å². The van der Waals surface area contributed by atoms with Gasteiger partial charge >= 0.3 is 0 Å². The number of para-hydroxylation sites is 1. The molecule has 0 unspecified atom stereocenters. The number of nitrogens with one attached hydrogen (secondary N) is 1. The summed E-state index contributed by atoms with van der Waals surface area (Å²) >= 11 is 0. The molecule has 1 aromatic carbocycles. The number of phenolic OH excluding ortho intramolecular Hbond substituents is 1. The van der Waals surface area contributed by atoms with E-state index in [1.54, 1.807) is 0 Å². The molecule has 1 aliphatic rings. The van der Waals surface area contributed by atoms with E-state index in [1.807, 2.05) is 25.1 Å². The molecular weight excluding hydrogens is 302 g/mol. The molecule has 20 heavy (non-hydrogen) atoms. The average molecular weight is 325 g/mol. The lowest BCUT2D eigenvalue weighted by molar-refractivity contribution is 0.145. The van der Waals surface area contributed by atoms with Gasteiger partial charge in [0.2, 0.25) is 0 Å².